The van der Waals surface area contributed by atoms with Crippen molar-refractivity contribution in [1.82, 2.24) is 0 Å². The topological polar surface area (TPSA) is 24.7 Å². The Bertz CT molecular complexity index is 990. The molecule has 0 radical (unpaired) electrons. The van der Waals surface area contributed by atoms with Gasteiger partial charge in [0.05, 0.1) is 11.4 Å². The molecule has 0 N–H and O–H groups in total. The number of rotatable bonds is 3. The first-order valence-electron chi connectivity index (χ1n) is 10.3. The molecule has 1 aliphatic carbocycles. The van der Waals surface area contributed by atoms with Gasteiger partial charge in [-0.25, -0.2) is 0 Å². The Hall–Kier alpha value is -2.74. The molecule has 3 rings (SSSR count). The minimum absolute atomic E-state index is 0.145. The highest BCUT2D eigenvalue weighted by Gasteiger charge is 2.23. The second kappa shape index (κ2) is 8.32. The number of allylic oxidation sites excluding steroid dienone is 4. The van der Waals surface area contributed by atoms with Crippen LogP contribution in [-0.2, 0) is 5.41 Å². The summed E-state index contributed by atoms with van der Waals surface area (Å²) in [6, 6.07) is 17.6. The van der Waals surface area contributed by atoms with Gasteiger partial charge in [0.25, 0.3) is 0 Å². The molecule has 2 aromatic rings. The van der Waals surface area contributed by atoms with Crippen molar-refractivity contribution in [3.8, 4) is 0 Å². The van der Waals surface area contributed by atoms with Crippen LogP contribution in [0.15, 0.2) is 70.7 Å². The maximum atomic E-state index is 4.63. The molecule has 0 amide bonds. The highest BCUT2D eigenvalue weighted by molar-refractivity contribution is 6.69. The average molecular weight is 385 g/mol. The van der Waals surface area contributed by atoms with Gasteiger partial charge in [-0.15, -0.1) is 0 Å². The van der Waals surface area contributed by atoms with Crippen molar-refractivity contribution in [3.05, 3.63) is 82.9 Å². The van der Waals surface area contributed by atoms with Gasteiger partial charge in [-0.1, -0.05) is 95.3 Å². The fourth-order valence-electron chi connectivity index (χ4n) is 3.70. The maximum Gasteiger partial charge on any atom is 0.0907 e. The van der Waals surface area contributed by atoms with Crippen LogP contribution >= 0.6 is 0 Å². The second-order valence-electron chi connectivity index (χ2n) is 8.91. The third-order valence-electron chi connectivity index (χ3n) is 5.55. The third-order valence-corrected chi connectivity index (χ3v) is 5.55. The van der Waals surface area contributed by atoms with E-state index in [2.05, 4.69) is 105 Å². The van der Waals surface area contributed by atoms with Gasteiger partial charge >= 0.3 is 0 Å². The summed E-state index contributed by atoms with van der Waals surface area (Å²) >= 11 is 0. The molecule has 0 atom stereocenters. The first-order valence-corrected chi connectivity index (χ1v) is 10.3. The summed E-state index contributed by atoms with van der Waals surface area (Å²) in [5.41, 5.74) is 9.31. The Morgan fingerprint density at radius 3 is 1.41 bits per heavy atom. The average Bonchev–Trinajstić information content (AvgIpc) is 2.72. The molecular formula is C27H32N2. The van der Waals surface area contributed by atoms with Gasteiger partial charge in [0.2, 0.25) is 0 Å². The quantitative estimate of drug-likeness (QED) is 0.524. The number of aliphatic imine (C=N–C) groups is 2. The number of hydrogen-bond donors (Lipinski definition) is 0. The van der Waals surface area contributed by atoms with Crippen LogP contribution in [0.5, 0.6) is 0 Å². The van der Waals surface area contributed by atoms with Crippen LogP contribution in [-0.4, -0.2) is 25.5 Å². The highest BCUT2D eigenvalue weighted by atomic mass is 14.8. The second-order valence-corrected chi connectivity index (χ2v) is 8.91. The Labute approximate surface area is 175 Å². The fraction of sp³-hybridized carbons (Fsp3) is 0.333. The zero-order valence-electron chi connectivity index (χ0n) is 18.7. The van der Waals surface area contributed by atoms with E-state index in [0.717, 1.165) is 22.6 Å². The van der Waals surface area contributed by atoms with Crippen LogP contribution in [0.4, 0.5) is 0 Å². The Morgan fingerprint density at radius 1 is 0.655 bits per heavy atom. The molecule has 0 heterocycles. The Morgan fingerprint density at radius 2 is 1.07 bits per heavy atom. The lowest BCUT2D eigenvalue weighted by Crippen LogP contribution is -2.21. The smallest absolute Gasteiger partial charge is 0.0907 e. The summed E-state index contributed by atoms with van der Waals surface area (Å²) in [5.74, 6) is 0.527. The maximum absolute atomic E-state index is 4.63. The molecular weight excluding hydrogens is 352 g/mol. The summed E-state index contributed by atoms with van der Waals surface area (Å²) in [5, 5.41) is 0. The lowest BCUT2D eigenvalue weighted by Gasteiger charge is -2.22. The van der Waals surface area contributed by atoms with Gasteiger partial charge in [0, 0.05) is 25.2 Å². The number of nitrogens with zero attached hydrogens (tertiary/aromatic N) is 2. The van der Waals surface area contributed by atoms with Gasteiger partial charge < -0.3 is 0 Å². The van der Waals surface area contributed by atoms with Gasteiger partial charge in [0.1, 0.15) is 0 Å². The van der Waals surface area contributed by atoms with Gasteiger partial charge in [-0.05, 0) is 33.6 Å². The molecule has 0 spiro atoms. The molecule has 0 aromatic heterocycles. The normalized spacial score (nSPS) is 17.7. The largest absolute Gasteiger partial charge is 0.286 e. The molecule has 0 aliphatic heterocycles. The van der Waals surface area contributed by atoms with E-state index in [1.54, 1.807) is 0 Å². The molecule has 1 aliphatic rings. The van der Waals surface area contributed by atoms with Crippen LogP contribution in [0.25, 0.3) is 11.1 Å². The molecule has 2 nitrogen and oxygen atoms in total. The van der Waals surface area contributed by atoms with E-state index < -0.39 is 0 Å². The predicted molar refractivity (Wildman–Crippen MR) is 128 cm³/mol. The van der Waals surface area contributed by atoms with Crippen molar-refractivity contribution in [2.24, 2.45) is 9.98 Å². The van der Waals surface area contributed by atoms with E-state index in [4.69, 9.17) is 0 Å². The van der Waals surface area contributed by atoms with Crippen LogP contribution in [0.1, 0.15) is 62.8 Å². The molecule has 2 heteroatoms. The molecule has 0 unspecified atom stereocenters. The van der Waals surface area contributed by atoms with Crippen molar-refractivity contribution < 1.29 is 0 Å². The summed E-state index contributed by atoms with van der Waals surface area (Å²) in [4.78, 5) is 9.25. The van der Waals surface area contributed by atoms with E-state index in [1.807, 2.05) is 14.1 Å². The number of hydrogen-bond acceptors (Lipinski definition) is 2. The zero-order chi connectivity index (χ0) is 21.2. The number of benzene rings is 2. The first kappa shape index (κ1) is 21.0. The SMILES string of the molecule is CN=C1C(c2ccc(C(C)C)cc2)=CC=C(c2ccc(C(C)(C)C)cc2)C1=NC. The van der Waals surface area contributed by atoms with E-state index in [0.29, 0.717) is 5.92 Å². The molecule has 0 fully saturated rings. The van der Waals surface area contributed by atoms with Crippen molar-refractivity contribution >= 4 is 22.6 Å². The van der Waals surface area contributed by atoms with E-state index in [-0.39, 0.29) is 5.41 Å². The van der Waals surface area contributed by atoms with Gasteiger partial charge in [0.15, 0.2) is 0 Å². The fourth-order valence-corrected chi connectivity index (χ4v) is 3.70. The lowest BCUT2D eigenvalue weighted by atomic mass is 9.83. The summed E-state index contributed by atoms with van der Waals surface area (Å²) < 4.78 is 0. The van der Waals surface area contributed by atoms with E-state index >= 15 is 0 Å². The third kappa shape index (κ3) is 4.32. The molecule has 0 saturated heterocycles. The van der Waals surface area contributed by atoms with Crippen molar-refractivity contribution in [2.45, 2.75) is 46.0 Å². The summed E-state index contributed by atoms with van der Waals surface area (Å²) in [6.07, 6.45) is 4.35. The van der Waals surface area contributed by atoms with E-state index in [9.17, 15) is 0 Å². The van der Waals surface area contributed by atoms with Gasteiger partial charge in [-0.2, -0.15) is 0 Å². The van der Waals surface area contributed by atoms with Crippen molar-refractivity contribution in [1.29, 1.82) is 0 Å². The van der Waals surface area contributed by atoms with Crippen LogP contribution in [0, 0.1) is 0 Å². The highest BCUT2D eigenvalue weighted by Crippen LogP contribution is 2.31. The zero-order valence-corrected chi connectivity index (χ0v) is 18.7. The van der Waals surface area contributed by atoms with Crippen molar-refractivity contribution in [2.75, 3.05) is 14.1 Å². The summed E-state index contributed by atoms with van der Waals surface area (Å²) in [6.45, 7) is 11.2. The Balaban J connectivity index is 2.04. The summed E-state index contributed by atoms with van der Waals surface area (Å²) in [7, 11) is 3.70. The van der Waals surface area contributed by atoms with Crippen LogP contribution < -0.4 is 0 Å². The first-order chi connectivity index (χ1) is 13.8. The minimum Gasteiger partial charge on any atom is -0.286 e. The van der Waals surface area contributed by atoms with Crippen molar-refractivity contribution in [3.63, 3.8) is 0 Å². The molecule has 0 bridgehead atoms. The lowest BCUT2D eigenvalue weighted by molar-refractivity contribution is 0.590. The van der Waals surface area contributed by atoms with E-state index in [1.165, 1.54) is 22.3 Å². The standard InChI is InChI=1S/C27H32N2/c1-18(2)19-8-10-20(11-9-19)23-16-17-24(26(29-7)25(23)28-6)21-12-14-22(15-13-21)27(3,4)5/h8-18H,1-7H3. The molecule has 2 aromatic carbocycles. The van der Waals surface area contributed by atoms with Crippen LogP contribution in [0.3, 0.4) is 0 Å². The monoisotopic (exact) mass is 384 g/mol. The predicted octanol–water partition coefficient (Wildman–Crippen LogP) is 6.73. The van der Waals surface area contributed by atoms with Crippen LogP contribution in [0.2, 0.25) is 0 Å². The van der Waals surface area contributed by atoms with Gasteiger partial charge in [-0.3, -0.25) is 9.98 Å². The molecule has 150 valence electrons. The molecule has 0 saturated carbocycles. The Kier molecular flexibility index (Phi) is 6.02. The minimum atomic E-state index is 0.145. The molecule has 29 heavy (non-hydrogen) atoms.